The molecule has 6 nitrogen and oxygen atoms in total. The second kappa shape index (κ2) is 12.1. The molecule has 0 spiro atoms. The van der Waals surface area contributed by atoms with Gasteiger partial charge >= 0.3 is 6.61 Å². The van der Waals surface area contributed by atoms with E-state index in [2.05, 4.69) is 10.1 Å². The zero-order valence-corrected chi connectivity index (χ0v) is 16.4. The van der Waals surface area contributed by atoms with Crippen LogP contribution in [-0.4, -0.2) is 25.7 Å². The molecule has 0 heterocycles. The molecule has 0 saturated carbocycles. The van der Waals surface area contributed by atoms with E-state index >= 15 is 0 Å². The Morgan fingerprint density at radius 2 is 2.03 bits per heavy atom. The van der Waals surface area contributed by atoms with Crippen molar-refractivity contribution in [1.29, 1.82) is 5.26 Å². The number of rotatable bonds is 11. The van der Waals surface area contributed by atoms with Gasteiger partial charge in [-0.25, -0.2) is 0 Å². The van der Waals surface area contributed by atoms with Crippen molar-refractivity contribution in [3.05, 3.63) is 54.1 Å². The predicted molar refractivity (Wildman–Crippen MR) is 109 cm³/mol. The molecule has 8 heteroatoms. The molecule has 2 aromatic rings. The lowest BCUT2D eigenvalue weighted by Gasteiger charge is -2.11. The van der Waals surface area contributed by atoms with Crippen LogP contribution >= 0.6 is 0 Å². The molecule has 0 aliphatic heterocycles. The van der Waals surface area contributed by atoms with Crippen LogP contribution in [0.3, 0.4) is 0 Å². The lowest BCUT2D eigenvalue weighted by molar-refractivity contribution is -0.111. The highest BCUT2D eigenvalue weighted by atomic mass is 19.3. The van der Waals surface area contributed by atoms with E-state index in [-0.39, 0.29) is 24.0 Å². The Kier molecular flexibility index (Phi) is 9.13. The summed E-state index contributed by atoms with van der Waals surface area (Å²) in [6.45, 7) is -0.535. The second-order valence-electron chi connectivity index (χ2n) is 5.98. The van der Waals surface area contributed by atoms with Crippen molar-refractivity contribution in [3.63, 3.8) is 0 Å². The number of nitrogens with one attached hydrogen (secondary N) is 1. The molecule has 0 radical (unpaired) electrons. The number of nitrogens with zero attached hydrogens (tertiary/aromatic N) is 1. The summed E-state index contributed by atoms with van der Waals surface area (Å²) < 4.78 is 40.2. The molecule has 1 amide bonds. The van der Waals surface area contributed by atoms with Gasteiger partial charge in [0.1, 0.15) is 5.75 Å². The number of unbranched alkanes of at least 4 members (excludes halogenated alkanes) is 1. The molecule has 2 aromatic carbocycles. The molecule has 0 aliphatic carbocycles. The molecule has 0 atom stereocenters. The van der Waals surface area contributed by atoms with Gasteiger partial charge < -0.3 is 19.5 Å². The highest BCUT2D eigenvalue weighted by molar-refractivity contribution is 6.02. The van der Waals surface area contributed by atoms with Crippen molar-refractivity contribution < 1.29 is 27.8 Å². The van der Waals surface area contributed by atoms with E-state index in [0.717, 1.165) is 0 Å². The van der Waals surface area contributed by atoms with E-state index in [9.17, 15) is 13.6 Å². The van der Waals surface area contributed by atoms with Crippen molar-refractivity contribution >= 4 is 17.7 Å². The Balaban J connectivity index is 1.99. The standard InChI is InChI=1S/C22H22F2N2O4/c1-2-28-20-14-16(8-10-19(20)30-22(23)24)9-11-21(27)26-17-6-5-7-18(15-17)29-13-4-3-12-25/h5-11,14-15,22H,2-4,13H2,1H3,(H,26,27). The van der Waals surface area contributed by atoms with Crippen LogP contribution in [0.15, 0.2) is 48.5 Å². The number of halogens is 2. The van der Waals surface area contributed by atoms with E-state index in [1.165, 1.54) is 24.3 Å². The van der Waals surface area contributed by atoms with E-state index in [0.29, 0.717) is 36.4 Å². The number of ether oxygens (including phenoxy) is 3. The zero-order chi connectivity index (χ0) is 21.8. The monoisotopic (exact) mass is 416 g/mol. The highest BCUT2D eigenvalue weighted by Crippen LogP contribution is 2.30. The molecule has 0 bridgehead atoms. The number of nitriles is 1. The summed E-state index contributed by atoms with van der Waals surface area (Å²) in [4.78, 5) is 12.2. The number of carbonyl (C=O) groups excluding carboxylic acids is 1. The van der Waals surface area contributed by atoms with Crippen LogP contribution in [0.4, 0.5) is 14.5 Å². The molecule has 2 rings (SSSR count). The van der Waals surface area contributed by atoms with Gasteiger partial charge in [-0.1, -0.05) is 12.1 Å². The molecule has 1 N–H and O–H groups in total. The minimum atomic E-state index is -2.96. The molecule has 0 aromatic heterocycles. The molecule has 0 fully saturated rings. The zero-order valence-electron chi connectivity index (χ0n) is 16.4. The van der Waals surface area contributed by atoms with E-state index < -0.39 is 6.61 Å². The van der Waals surface area contributed by atoms with E-state index in [1.807, 2.05) is 6.07 Å². The third-order valence-electron chi connectivity index (χ3n) is 3.71. The Bertz CT molecular complexity index is 910. The third kappa shape index (κ3) is 7.80. The first-order chi connectivity index (χ1) is 14.5. The van der Waals surface area contributed by atoms with E-state index in [1.54, 1.807) is 37.3 Å². The Hall–Kier alpha value is -3.60. The van der Waals surface area contributed by atoms with Crippen LogP contribution in [0.25, 0.3) is 6.08 Å². The number of amides is 1. The molecular formula is C22H22F2N2O4. The van der Waals surface area contributed by atoms with Crippen molar-refractivity contribution in [1.82, 2.24) is 0 Å². The molecule has 0 saturated heterocycles. The third-order valence-corrected chi connectivity index (χ3v) is 3.71. The molecule has 0 unspecified atom stereocenters. The first-order valence-electron chi connectivity index (χ1n) is 9.32. The average Bonchev–Trinajstić information content (AvgIpc) is 2.71. The fourth-order valence-corrected chi connectivity index (χ4v) is 2.45. The molecule has 0 aliphatic rings. The van der Waals surface area contributed by atoms with Gasteiger partial charge in [-0.2, -0.15) is 14.0 Å². The van der Waals surface area contributed by atoms with Crippen LogP contribution < -0.4 is 19.5 Å². The minimum absolute atomic E-state index is 0.0694. The normalized spacial score (nSPS) is 10.6. The lowest BCUT2D eigenvalue weighted by atomic mass is 10.2. The maximum atomic E-state index is 12.5. The van der Waals surface area contributed by atoms with Crippen LogP contribution in [-0.2, 0) is 4.79 Å². The summed E-state index contributed by atoms with van der Waals surface area (Å²) in [5.41, 5.74) is 1.14. The number of hydrogen-bond donors (Lipinski definition) is 1. The summed E-state index contributed by atoms with van der Waals surface area (Å²) in [7, 11) is 0. The van der Waals surface area contributed by atoms with Gasteiger partial charge in [0.2, 0.25) is 5.91 Å². The second-order valence-corrected chi connectivity index (χ2v) is 5.98. The maximum Gasteiger partial charge on any atom is 0.387 e. The van der Waals surface area contributed by atoms with Crippen LogP contribution in [0.5, 0.6) is 17.2 Å². The van der Waals surface area contributed by atoms with Gasteiger partial charge in [0.05, 0.1) is 19.3 Å². The molecule has 158 valence electrons. The summed E-state index contributed by atoms with van der Waals surface area (Å²) in [5.74, 6) is 0.315. The van der Waals surface area contributed by atoms with Gasteiger partial charge in [-0.05, 0) is 49.2 Å². The maximum absolute atomic E-state index is 12.5. The Morgan fingerprint density at radius 3 is 2.77 bits per heavy atom. The van der Waals surface area contributed by atoms with Gasteiger partial charge in [0, 0.05) is 24.3 Å². The summed E-state index contributed by atoms with van der Waals surface area (Å²) in [5, 5.41) is 11.2. The van der Waals surface area contributed by atoms with Crippen molar-refractivity contribution in [3.8, 4) is 23.3 Å². The summed E-state index contributed by atoms with van der Waals surface area (Å²) in [6, 6.07) is 13.4. The van der Waals surface area contributed by atoms with Gasteiger partial charge in [0.25, 0.3) is 0 Å². The summed E-state index contributed by atoms with van der Waals surface area (Å²) in [6.07, 6.45) is 3.90. The Labute approximate surface area is 173 Å². The topological polar surface area (TPSA) is 80.6 Å². The van der Waals surface area contributed by atoms with Crippen LogP contribution in [0.2, 0.25) is 0 Å². The highest BCUT2D eigenvalue weighted by Gasteiger charge is 2.11. The van der Waals surface area contributed by atoms with Crippen molar-refractivity contribution in [2.75, 3.05) is 18.5 Å². The van der Waals surface area contributed by atoms with Crippen LogP contribution in [0.1, 0.15) is 25.3 Å². The quantitative estimate of drug-likeness (QED) is 0.411. The number of hydrogen-bond acceptors (Lipinski definition) is 5. The summed E-state index contributed by atoms with van der Waals surface area (Å²) >= 11 is 0. The average molecular weight is 416 g/mol. The van der Waals surface area contributed by atoms with E-state index in [4.69, 9.17) is 14.7 Å². The molecular weight excluding hydrogens is 394 g/mol. The van der Waals surface area contributed by atoms with Crippen molar-refractivity contribution in [2.24, 2.45) is 0 Å². The first-order valence-corrected chi connectivity index (χ1v) is 9.32. The van der Waals surface area contributed by atoms with Crippen LogP contribution in [0, 0.1) is 11.3 Å². The Morgan fingerprint density at radius 1 is 1.20 bits per heavy atom. The largest absolute Gasteiger partial charge is 0.493 e. The first kappa shape index (κ1) is 22.7. The number of alkyl halides is 2. The minimum Gasteiger partial charge on any atom is -0.493 e. The smallest absolute Gasteiger partial charge is 0.387 e. The number of carbonyl (C=O) groups is 1. The molecule has 30 heavy (non-hydrogen) atoms. The number of anilines is 1. The lowest BCUT2D eigenvalue weighted by Crippen LogP contribution is -2.08. The van der Waals surface area contributed by atoms with Gasteiger partial charge in [-0.15, -0.1) is 0 Å². The predicted octanol–water partition coefficient (Wildman–Crippen LogP) is 5.02. The van der Waals surface area contributed by atoms with Crippen molar-refractivity contribution in [2.45, 2.75) is 26.4 Å². The number of benzene rings is 2. The van der Waals surface area contributed by atoms with Gasteiger partial charge in [-0.3, -0.25) is 4.79 Å². The van der Waals surface area contributed by atoms with Gasteiger partial charge in [0.15, 0.2) is 11.5 Å². The fourth-order valence-electron chi connectivity index (χ4n) is 2.45. The SMILES string of the molecule is CCOc1cc(C=CC(=O)Nc2cccc(OCCCC#N)c2)ccc1OC(F)F. The fraction of sp³-hybridized carbons (Fsp3) is 0.273.